The highest BCUT2D eigenvalue weighted by Crippen LogP contribution is 2.41. The molecule has 0 radical (unpaired) electrons. The van der Waals surface area contributed by atoms with E-state index >= 15 is 8.78 Å². The number of methoxy groups -OCH3 is 2. The zero-order valence-corrected chi connectivity index (χ0v) is 32.9. The van der Waals surface area contributed by atoms with Crippen LogP contribution < -0.4 is 21.4 Å². The third kappa shape index (κ3) is 12.3. The Bertz CT molecular complexity index is 1750. The van der Waals surface area contributed by atoms with Gasteiger partial charge in [-0.3, -0.25) is 15.0 Å². The molecule has 0 aliphatic heterocycles. The van der Waals surface area contributed by atoms with Crippen LogP contribution in [0.25, 0.3) is 0 Å². The number of hydrogen-bond acceptors (Lipinski definition) is 8. The Kier molecular flexibility index (Phi) is 16.3. The fraction of sp³-hybridized carbons (Fsp3) is 0.486. The number of benzene rings is 2. The number of terminal acetylenes is 1. The lowest BCUT2D eigenvalue weighted by molar-refractivity contribution is -0.221. The summed E-state index contributed by atoms with van der Waals surface area (Å²) < 4.78 is 125. The molecule has 0 unspecified atom stereocenters. The van der Waals surface area contributed by atoms with Gasteiger partial charge in [-0.15, -0.1) is 6.42 Å². The maximum atomic E-state index is 15.2. The van der Waals surface area contributed by atoms with Gasteiger partial charge in [0.1, 0.15) is 23.7 Å². The van der Waals surface area contributed by atoms with Crippen molar-refractivity contribution in [2.75, 3.05) is 20.8 Å². The van der Waals surface area contributed by atoms with Crippen molar-refractivity contribution in [1.29, 1.82) is 0 Å². The molecule has 21 heteroatoms. The average molecular weight is 922 g/mol. The van der Waals surface area contributed by atoms with Crippen LogP contribution in [0.15, 0.2) is 36.4 Å². The zero-order chi connectivity index (χ0) is 43.0. The summed E-state index contributed by atoms with van der Waals surface area (Å²) >= 11 is 1.97. The normalized spacial score (nSPS) is 14.4. The molecule has 0 spiro atoms. The standard InChI is InChI=1S/C35H40F8IN5O7/c1-8-18-13-22(36)21(23(37)14-18)16-49(48-29(52)27(47-31(54)56-7)33(4,5)35(41,42)43)17-25(50)24(15-19-9-11-20(44)12-10-19)45-28(51)26(46-30(53)55-6)32(2,3)34(38,39)40/h1,9-14,24-27,50H,15-17H2,2-7H3,(H,45,51)(H,46,53)(H,47,54)(H,48,52)/t24-,25-,26+,27+/m0/s1. The number of aliphatic hydroxyl groups is 1. The fourth-order valence-corrected chi connectivity index (χ4v) is 5.36. The maximum Gasteiger partial charge on any atom is 0.407 e. The lowest BCUT2D eigenvalue weighted by atomic mass is 9.82. The Morgan fingerprint density at radius 2 is 1.27 bits per heavy atom. The molecule has 56 heavy (non-hydrogen) atoms. The number of nitrogens with zero attached hydrogens (tertiary/aromatic N) is 1. The molecule has 12 nitrogen and oxygen atoms in total. The van der Waals surface area contributed by atoms with Gasteiger partial charge in [0.2, 0.25) is 5.91 Å². The SMILES string of the molecule is C#Cc1cc(F)c(CN(C[C@H](O)[C@H](Cc2ccc(I)cc2)NC(=O)[C@@H](NC(=O)OC)C(C)(C)C(F)(F)F)NC(=O)[C@@H](NC(=O)OC)C(C)(C)C(F)(F)F)c(F)c1. The molecule has 4 amide bonds. The summed E-state index contributed by atoms with van der Waals surface area (Å²) in [5.74, 6) is -3.62. The first-order valence-corrected chi connectivity index (χ1v) is 17.3. The van der Waals surface area contributed by atoms with Crippen LogP contribution in [0, 0.1) is 38.4 Å². The monoisotopic (exact) mass is 921 g/mol. The third-order valence-corrected chi connectivity index (χ3v) is 9.54. The number of hydrazine groups is 1. The predicted molar refractivity (Wildman–Crippen MR) is 192 cm³/mol. The predicted octanol–water partition coefficient (Wildman–Crippen LogP) is 5.10. The van der Waals surface area contributed by atoms with E-state index in [4.69, 9.17) is 6.42 Å². The zero-order valence-electron chi connectivity index (χ0n) is 30.7. The first-order chi connectivity index (χ1) is 25.7. The molecule has 4 atom stereocenters. The van der Waals surface area contributed by atoms with Crippen molar-refractivity contribution in [2.45, 2.75) is 77.2 Å². The van der Waals surface area contributed by atoms with Gasteiger partial charge in [0.15, 0.2) is 0 Å². The number of hydrogen-bond donors (Lipinski definition) is 5. The first kappa shape index (κ1) is 47.7. The highest BCUT2D eigenvalue weighted by molar-refractivity contribution is 14.1. The van der Waals surface area contributed by atoms with Crippen molar-refractivity contribution in [3.63, 3.8) is 0 Å². The highest BCUT2D eigenvalue weighted by atomic mass is 127. The van der Waals surface area contributed by atoms with Crippen LogP contribution in [0.2, 0.25) is 0 Å². The first-order valence-electron chi connectivity index (χ1n) is 16.2. The van der Waals surface area contributed by atoms with Gasteiger partial charge in [0, 0.05) is 27.8 Å². The number of rotatable bonds is 15. The number of alkyl carbamates (subject to hydrolysis) is 2. The van der Waals surface area contributed by atoms with Gasteiger partial charge in [-0.25, -0.2) is 23.4 Å². The Morgan fingerprint density at radius 3 is 1.68 bits per heavy atom. The molecule has 0 heterocycles. The average Bonchev–Trinajstić information content (AvgIpc) is 3.09. The molecule has 0 aromatic heterocycles. The summed E-state index contributed by atoms with van der Waals surface area (Å²) in [4.78, 5) is 51.4. The number of aliphatic hydroxyl groups excluding tert-OH is 1. The quantitative estimate of drug-likeness (QED) is 0.0716. The summed E-state index contributed by atoms with van der Waals surface area (Å²) in [6.45, 7) is 0.359. The topological polar surface area (TPSA) is 158 Å². The summed E-state index contributed by atoms with van der Waals surface area (Å²) in [6, 6.07) is 1.32. The number of halogens is 9. The molecule has 2 aromatic carbocycles. The lowest BCUT2D eigenvalue weighted by Gasteiger charge is -2.38. The molecule has 5 N–H and O–H groups in total. The molecule has 0 aliphatic carbocycles. The lowest BCUT2D eigenvalue weighted by Crippen LogP contribution is -2.63. The highest BCUT2D eigenvalue weighted by Gasteiger charge is 2.57. The number of carbonyl (C=O) groups excluding carboxylic acids is 4. The minimum Gasteiger partial charge on any atom is -0.453 e. The molecule has 2 rings (SSSR count). The van der Waals surface area contributed by atoms with E-state index in [1.54, 1.807) is 17.4 Å². The minimum atomic E-state index is -5.15. The number of ether oxygens (including phenoxy) is 2. The van der Waals surface area contributed by atoms with E-state index in [2.05, 4.69) is 14.8 Å². The molecule has 0 fully saturated rings. The van der Waals surface area contributed by atoms with Crippen molar-refractivity contribution >= 4 is 46.6 Å². The molecule has 310 valence electrons. The molecule has 0 saturated carbocycles. The molecular formula is C35H40F8IN5O7. The van der Waals surface area contributed by atoms with Crippen LogP contribution in [0.5, 0.6) is 0 Å². The van der Waals surface area contributed by atoms with Gasteiger partial charge in [-0.1, -0.05) is 18.1 Å². The van der Waals surface area contributed by atoms with Crippen molar-refractivity contribution in [3.8, 4) is 12.3 Å². The largest absolute Gasteiger partial charge is 0.453 e. The minimum absolute atomic E-state index is 0.245. The van der Waals surface area contributed by atoms with Crippen molar-refractivity contribution in [2.24, 2.45) is 10.8 Å². The Labute approximate surface area is 330 Å². The smallest absolute Gasteiger partial charge is 0.407 e. The van der Waals surface area contributed by atoms with E-state index in [9.17, 15) is 50.6 Å². The molecule has 0 saturated heterocycles. The van der Waals surface area contributed by atoms with E-state index < -0.39 is 102 Å². The molecule has 2 aromatic rings. The third-order valence-electron chi connectivity index (χ3n) is 8.82. The summed E-state index contributed by atoms with van der Waals surface area (Å²) in [5.41, 5.74) is -4.62. The number of carbonyl (C=O) groups is 4. The molecule has 0 aliphatic rings. The second kappa shape index (κ2) is 19.1. The number of nitrogens with one attached hydrogen (secondary N) is 4. The van der Waals surface area contributed by atoms with Crippen LogP contribution in [0.1, 0.15) is 44.4 Å². The van der Waals surface area contributed by atoms with Gasteiger partial charge in [0.05, 0.1) is 37.2 Å². The van der Waals surface area contributed by atoms with E-state index in [0.29, 0.717) is 38.3 Å². The second-order valence-electron chi connectivity index (χ2n) is 13.5. The van der Waals surface area contributed by atoms with Gasteiger partial charge in [0.25, 0.3) is 5.91 Å². The van der Waals surface area contributed by atoms with Crippen LogP contribution >= 0.6 is 22.6 Å². The molecule has 0 bridgehead atoms. The van der Waals surface area contributed by atoms with E-state index in [1.165, 1.54) is 12.1 Å². The van der Waals surface area contributed by atoms with E-state index in [1.807, 2.05) is 39.3 Å². The van der Waals surface area contributed by atoms with Crippen LogP contribution in [0.4, 0.5) is 44.7 Å². The van der Waals surface area contributed by atoms with Gasteiger partial charge in [-0.2, -0.15) is 26.3 Å². The summed E-state index contributed by atoms with van der Waals surface area (Å²) in [7, 11) is 1.64. The number of amides is 4. The van der Waals surface area contributed by atoms with Crippen molar-refractivity contribution in [3.05, 3.63) is 68.3 Å². The van der Waals surface area contributed by atoms with E-state index in [0.717, 1.165) is 29.9 Å². The summed E-state index contributed by atoms with van der Waals surface area (Å²) in [5, 5.41) is 18.0. The Hall–Kier alpha value is -4.43. The molecular weight excluding hydrogens is 881 g/mol. The Morgan fingerprint density at radius 1 is 0.821 bits per heavy atom. The summed E-state index contributed by atoms with van der Waals surface area (Å²) in [6.07, 6.45) is -10.2. The maximum absolute atomic E-state index is 15.2. The second-order valence-corrected chi connectivity index (χ2v) is 14.8. The van der Waals surface area contributed by atoms with Crippen molar-refractivity contribution in [1.82, 2.24) is 26.4 Å². The van der Waals surface area contributed by atoms with Crippen LogP contribution in [-0.2, 0) is 32.0 Å². The van der Waals surface area contributed by atoms with Crippen LogP contribution in [-0.4, -0.2) is 91.5 Å². The Balaban J connectivity index is 2.70. The van der Waals surface area contributed by atoms with Crippen LogP contribution in [0.3, 0.4) is 0 Å². The number of alkyl halides is 6. The van der Waals surface area contributed by atoms with Gasteiger partial charge < -0.3 is 30.5 Å². The van der Waals surface area contributed by atoms with Gasteiger partial charge >= 0.3 is 24.5 Å². The van der Waals surface area contributed by atoms with Gasteiger partial charge in [-0.05, 0) is 86.5 Å². The fourth-order valence-electron chi connectivity index (χ4n) is 5.00. The van der Waals surface area contributed by atoms with E-state index in [-0.39, 0.29) is 12.0 Å². The van der Waals surface area contributed by atoms with Crippen molar-refractivity contribution < 1.29 is 68.9 Å².